The Kier molecular flexibility index (Phi) is 6.32. The van der Waals surface area contributed by atoms with Crippen molar-refractivity contribution < 1.29 is 4.74 Å². The van der Waals surface area contributed by atoms with Crippen LogP contribution in [0.15, 0.2) is 0 Å². The molecule has 0 spiro atoms. The molecule has 0 aromatic carbocycles. The quantitative estimate of drug-likeness (QED) is 0.673. The summed E-state index contributed by atoms with van der Waals surface area (Å²) in [5.41, 5.74) is 0.461. The maximum absolute atomic E-state index is 5.44. The number of thiol groups is 1. The van der Waals surface area contributed by atoms with Crippen molar-refractivity contribution in [1.82, 2.24) is 4.90 Å². The number of hydrogen-bond donors (Lipinski definition) is 1. The summed E-state index contributed by atoms with van der Waals surface area (Å²) in [6.07, 6.45) is 3.75. The number of nitrogens with zero attached hydrogens (tertiary/aromatic N) is 1. The van der Waals surface area contributed by atoms with Crippen LogP contribution in [-0.4, -0.2) is 43.5 Å². The molecule has 1 atom stereocenters. The van der Waals surface area contributed by atoms with Crippen LogP contribution in [0.25, 0.3) is 0 Å². The predicted octanol–water partition coefficient (Wildman–Crippen LogP) is 3.08. The van der Waals surface area contributed by atoms with E-state index in [-0.39, 0.29) is 0 Å². The van der Waals surface area contributed by atoms with E-state index in [0.29, 0.717) is 10.7 Å². The zero-order valence-electron chi connectivity index (χ0n) is 11.9. The van der Waals surface area contributed by atoms with Gasteiger partial charge in [0.2, 0.25) is 0 Å². The van der Waals surface area contributed by atoms with E-state index in [0.717, 1.165) is 19.1 Å². The summed E-state index contributed by atoms with van der Waals surface area (Å²) >= 11 is 4.48. The fourth-order valence-electron chi connectivity index (χ4n) is 2.46. The smallest absolute Gasteiger partial charge is 0.0545 e. The van der Waals surface area contributed by atoms with Crippen molar-refractivity contribution in [3.8, 4) is 0 Å². The Morgan fingerprint density at radius 2 is 1.88 bits per heavy atom. The van der Waals surface area contributed by atoms with Gasteiger partial charge in [-0.25, -0.2) is 0 Å². The van der Waals surface area contributed by atoms with Gasteiger partial charge in [0.05, 0.1) is 13.2 Å². The lowest BCUT2D eigenvalue weighted by Gasteiger charge is -2.43. The lowest BCUT2D eigenvalue weighted by Crippen LogP contribution is -2.45. The Hall–Kier alpha value is 0.270. The molecule has 1 rings (SSSR count). The molecule has 3 heteroatoms. The Morgan fingerprint density at radius 3 is 2.29 bits per heavy atom. The molecule has 0 amide bonds. The van der Waals surface area contributed by atoms with Crippen molar-refractivity contribution >= 4 is 12.6 Å². The Bertz CT molecular complexity index is 214. The average molecular weight is 259 g/mol. The average Bonchev–Trinajstić information content (AvgIpc) is 2.14. The molecule has 1 fully saturated rings. The van der Waals surface area contributed by atoms with Gasteiger partial charge in [0.25, 0.3) is 0 Å². The normalized spacial score (nSPS) is 20.6. The van der Waals surface area contributed by atoms with Gasteiger partial charge in [0.1, 0.15) is 0 Å². The van der Waals surface area contributed by atoms with Crippen LogP contribution in [0, 0.1) is 11.3 Å². The third kappa shape index (κ3) is 5.62. The summed E-state index contributed by atoms with van der Waals surface area (Å²) in [4.78, 5) is 2.45. The third-order valence-corrected chi connectivity index (χ3v) is 3.87. The van der Waals surface area contributed by atoms with E-state index in [2.05, 4.69) is 45.3 Å². The van der Waals surface area contributed by atoms with Crippen LogP contribution in [-0.2, 0) is 4.74 Å². The van der Waals surface area contributed by atoms with E-state index >= 15 is 0 Å². The van der Waals surface area contributed by atoms with Crippen LogP contribution < -0.4 is 0 Å². The maximum atomic E-state index is 5.44. The van der Waals surface area contributed by atoms with E-state index in [1.54, 1.807) is 0 Å². The van der Waals surface area contributed by atoms with Gasteiger partial charge < -0.3 is 9.64 Å². The molecule has 1 aliphatic heterocycles. The fourth-order valence-corrected chi connectivity index (χ4v) is 2.59. The molecule has 0 aromatic rings. The number of ether oxygens (including phenoxy) is 1. The van der Waals surface area contributed by atoms with Crippen molar-refractivity contribution in [1.29, 1.82) is 0 Å². The molecule has 1 heterocycles. The van der Waals surface area contributed by atoms with E-state index in [4.69, 9.17) is 4.74 Å². The molecule has 0 radical (unpaired) electrons. The van der Waals surface area contributed by atoms with Gasteiger partial charge in [0.15, 0.2) is 0 Å². The zero-order valence-corrected chi connectivity index (χ0v) is 12.8. The summed E-state index contributed by atoms with van der Waals surface area (Å²) in [6, 6.07) is 0. The highest BCUT2D eigenvalue weighted by Crippen LogP contribution is 2.37. The van der Waals surface area contributed by atoms with Crippen molar-refractivity contribution in [2.24, 2.45) is 11.3 Å². The molecule has 0 aromatic heterocycles. The van der Waals surface area contributed by atoms with E-state index in [1.807, 2.05) is 0 Å². The molecule has 1 unspecified atom stereocenters. The number of hydrogen-bond acceptors (Lipinski definition) is 3. The van der Waals surface area contributed by atoms with Crippen molar-refractivity contribution in [3.05, 3.63) is 0 Å². The van der Waals surface area contributed by atoms with Crippen molar-refractivity contribution in [2.45, 2.75) is 45.3 Å². The van der Waals surface area contributed by atoms with Crippen LogP contribution >= 0.6 is 12.6 Å². The lowest BCUT2D eigenvalue weighted by atomic mass is 9.77. The third-order valence-electron chi connectivity index (χ3n) is 3.61. The Balaban J connectivity index is 2.26. The molecule has 0 N–H and O–H groups in total. The van der Waals surface area contributed by atoms with Crippen LogP contribution in [0.4, 0.5) is 0 Å². The molecule has 0 bridgehead atoms. The monoisotopic (exact) mass is 259 g/mol. The molecule has 1 saturated heterocycles. The molecular formula is C14H29NOS. The highest BCUT2D eigenvalue weighted by molar-refractivity contribution is 7.80. The van der Waals surface area contributed by atoms with Crippen molar-refractivity contribution in [2.75, 3.05) is 33.4 Å². The first-order chi connectivity index (χ1) is 7.93. The molecule has 0 aliphatic carbocycles. The van der Waals surface area contributed by atoms with Crippen LogP contribution in [0.2, 0.25) is 0 Å². The Morgan fingerprint density at radius 1 is 1.24 bits per heavy atom. The second-order valence-electron chi connectivity index (χ2n) is 6.29. The lowest BCUT2D eigenvalue weighted by molar-refractivity contribution is -0.124. The minimum atomic E-state index is 0.461. The summed E-state index contributed by atoms with van der Waals surface area (Å²) < 4.78 is 5.44. The van der Waals surface area contributed by atoms with E-state index < -0.39 is 0 Å². The first-order valence-electron chi connectivity index (χ1n) is 6.88. The number of rotatable bonds is 8. The van der Waals surface area contributed by atoms with Crippen LogP contribution in [0.5, 0.6) is 0 Å². The van der Waals surface area contributed by atoms with Gasteiger partial charge in [0, 0.05) is 12.0 Å². The highest BCUT2D eigenvalue weighted by Gasteiger charge is 2.37. The molecule has 102 valence electrons. The Labute approximate surface area is 113 Å². The van der Waals surface area contributed by atoms with Gasteiger partial charge in [-0.1, -0.05) is 20.8 Å². The minimum absolute atomic E-state index is 0.461. The summed E-state index contributed by atoms with van der Waals surface area (Å²) in [5, 5.41) is 0.515. The molecule has 17 heavy (non-hydrogen) atoms. The summed E-state index contributed by atoms with van der Waals surface area (Å²) in [7, 11) is 2.23. The highest BCUT2D eigenvalue weighted by atomic mass is 32.1. The summed E-state index contributed by atoms with van der Waals surface area (Å²) in [6.45, 7) is 11.1. The topological polar surface area (TPSA) is 12.5 Å². The molecule has 1 aliphatic rings. The van der Waals surface area contributed by atoms with E-state index in [1.165, 1.54) is 32.4 Å². The van der Waals surface area contributed by atoms with Gasteiger partial charge in [-0.15, -0.1) is 0 Å². The van der Waals surface area contributed by atoms with E-state index in [9.17, 15) is 0 Å². The van der Waals surface area contributed by atoms with Crippen molar-refractivity contribution in [3.63, 3.8) is 0 Å². The molecular weight excluding hydrogens is 230 g/mol. The van der Waals surface area contributed by atoms with Crippen LogP contribution in [0.1, 0.15) is 40.0 Å². The van der Waals surface area contributed by atoms with Gasteiger partial charge in [-0.05, 0) is 44.0 Å². The molecule has 2 nitrogen and oxygen atoms in total. The summed E-state index contributed by atoms with van der Waals surface area (Å²) in [5.74, 6) is 0.756. The van der Waals surface area contributed by atoms with Crippen LogP contribution in [0.3, 0.4) is 0 Å². The first kappa shape index (κ1) is 15.3. The fraction of sp³-hybridized carbons (Fsp3) is 1.00. The maximum Gasteiger partial charge on any atom is 0.0545 e. The first-order valence-corrected chi connectivity index (χ1v) is 7.39. The standard InChI is InChI=1S/C14H29NOS/c1-12(2)9-15(4)8-7-14(10-16-11-14)6-5-13(3)17/h12-13,17H,5-11H2,1-4H3. The second-order valence-corrected chi connectivity index (χ2v) is 7.17. The SMILES string of the molecule is CC(C)CN(C)CCC1(CCC(C)S)COC1. The van der Waals surface area contributed by atoms with Gasteiger partial charge in [-0.3, -0.25) is 0 Å². The van der Waals surface area contributed by atoms with Gasteiger partial charge >= 0.3 is 0 Å². The molecule has 0 saturated carbocycles. The van der Waals surface area contributed by atoms with Gasteiger partial charge in [-0.2, -0.15) is 12.6 Å². The largest absolute Gasteiger partial charge is 0.380 e. The minimum Gasteiger partial charge on any atom is -0.380 e. The predicted molar refractivity (Wildman–Crippen MR) is 77.9 cm³/mol. The second kappa shape index (κ2) is 7.01. The zero-order chi connectivity index (χ0) is 12.9.